The van der Waals surface area contributed by atoms with Crippen LogP contribution in [-0.2, 0) is 14.3 Å². The van der Waals surface area contributed by atoms with Gasteiger partial charge in [0, 0.05) is 23.7 Å². The average Bonchev–Trinajstić information content (AvgIpc) is 2.67. The molecule has 9 heteroatoms. The molecule has 0 saturated heterocycles. The lowest BCUT2D eigenvalue weighted by Crippen LogP contribution is -2.44. The molecule has 2 rings (SSSR count). The molecule has 1 fully saturated rings. The Morgan fingerprint density at radius 2 is 2.00 bits per heavy atom. The number of carbonyl (C=O) groups is 3. The molecule has 1 aromatic carbocycles. The van der Waals surface area contributed by atoms with Crippen LogP contribution in [0.3, 0.4) is 0 Å². The molecule has 3 atom stereocenters. The van der Waals surface area contributed by atoms with Crippen LogP contribution < -0.4 is 10.6 Å². The zero-order valence-electron chi connectivity index (χ0n) is 16.0. The van der Waals surface area contributed by atoms with Gasteiger partial charge in [0.25, 0.3) is 17.5 Å². The van der Waals surface area contributed by atoms with E-state index in [0.717, 1.165) is 31.7 Å². The molecule has 0 heterocycles. The summed E-state index contributed by atoms with van der Waals surface area (Å²) in [5, 5.41) is 16.1. The molecule has 152 valence electrons. The third kappa shape index (κ3) is 6.04. The van der Waals surface area contributed by atoms with E-state index in [2.05, 4.69) is 17.6 Å². The van der Waals surface area contributed by atoms with Crippen molar-refractivity contribution in [1.82, 2.24) is 10.6 Å². The number of non-ortho nitro benzene ring substituents is 1. The van der Waals surface area contributed by atoms with Gasteiger partial charge >= 0.3 is 5.97 Å². The quantitative estimate of drug-likeness (QED) is 0.415. The fraction of sp³-hybridized carbons (Fsp3) is 0.526. The summed E-state index contributed by atoms with van der Waals surface area (Å²) in [6.45, 7) is 3.08. The molecule has 1 aliphatic rings. The highest BCUT2D eigenvalue weighted by Crippen LogP contribution is 2.23. The van der Waals surface area contributed by atoms with Crippen molar-refractivity contribution < 1.29 is 24.0 Å². The number of nitrogens with zero attached hydrogens (tertiary/aromatic N) is 1. The summed E-state index contributed by atoms with van der Waals surface area (Å²) in [6.07, 6.45) is 4.20. The number of hydrogen-bond acceptors (Lipinski definition) is 6. The second-order valence-electron chi connectivity index (χ2n) is 7.05. The summed E-state index contributed by atoms with van der Waals surface area (Å²) in [7, 11) is 0. The first-order chi connectivity index (χ1) is 13.3. The normalized spacial score (nSPS) is 19.9. The smallest absolute Gasteiger partial charge is 0.328 e. The third-order valence-corrected chi connectivity index (χ3v) is 4.82. The Kier molecular flexibility index (Phi) is 7.48. The number of nitro benzene ring substituents is 1. The predicted molar refractivity (Wildman–Crippen MR) is 101 cm³/mol. The summed E-state index contributed by atoms with van der Waals surface area (Å²) in [5.41, 5.74) is -0.172. The van der Waals surface area contributed by atoms with Crippen molar-refractivity contribution in [2.75, 3.05) is 6.61 Å². The molecule has 1 aliphatic carbocycles. The predicted octanol–water partition coefficient (Wildman–Crippen LogP) is 1.95. The highest BCUT2D eigenvalue weighted by atomic mass is 16.6. The number of benzene rings is 1. The second-order valence-corrected chi connectivity index (χ2v) is 7.05. The van der Waals surface area contributed by atoms with Gasteiger partial charge in [0.1, 0.15) is 6.04 Å². The van der Waals surface area contributed by atoms with Crippen molar-refractivity contribution in [1.29, 1.82) is 0 Å². The van der Waals surface area contributed by atoms with E-state index in [1.54, 1.807) is 0 Å². The number of nitrogens with one attached hydrogen (secondary N) is 2. The Hall–Kier alpha value is -2.97. The van der Waals surface area contributed by atoms with Gasteiger partial charge in [-0.05, 0) is 31.7 Å². The lowest BCUT2D eigenvalue weighted by molar-refractivity contribution is -0.384. The van der Waals surface area contributed by atoms with E-state index in [1.807, 2.05) is 0 Å². The zero-order chi connectivity index (χ0) is 20.7. The number of nitro groups is 1. The maximum Gasteiger partial charge on any atom is 0.328 e. The minimum Gasteiger partial charge on any atom is -0.454 e. The van der Waals surface area contributed by atoms with E-state index in [-0.39, 0.29) is 23.2 Å². The van der Waals surface area contributed by atoms with Gasteiger partial charge in [-0.25, -0.2) is 4.79 Å². The standard InChI is InChI=1S/C19H25N3O6/c1-12-6-3-4-9-16(12)21-17(23)11-28-19(25)13(2)20-18(24)14-7-5-8-15(10-14)22(26)27/h5,7-8,10,12-13,16H,3-4,6,9,11H2,1-2H3,(H,20,24)(H,21,23)/t12-,13-,16+/m0/s1. The summed E-state index contributed by atoms with van der Waals surface area (Å²) in [4.78, 5) is 46.3. The van der Waals surface area contributed by atoms with Crippen LogP contribution in [0.5, 0.6) is 0 Å². The van der Waals surface area contributed by atoms with E-state index in [1.165, 1.54) is 25.1 Å². The topological polar surface area (TPSA) is 128 Å². The van der Waals surface area contributed by atoms with Gasteiger partial charge < -0.3 is 15.4 Å². The van der Waals surface area contributed by atoms with Crippen LogP contribution >= 0.6 is 0 Å². The fourth-order valence-corrected chi connectivity index (χ4v) is 3.14. The van der Waals surface area contributed by atoms with E-state index in [9.17, 15) is 24.5 Å². The molecule has 0 bridgehead atoms. The molecule has 28 heavy (non-hydrogen) atoms. The minimum absolute atomic E-state index is 0.0536. The number of amides is 2. The Morgan fingerprint density at radius 3 is 2.68 bits per heavy atom. The Labute approximate surface area is 163 Å². The molecule has 9 nitrogen and oxygen atoms in total. The summed E-state index contributed by atoms with van der Waals surface area (Å²) in [6, 6.07) is 4.25. The van der Waals surface area contributed by atoms with Crippen LogP contribution in [0.25, 0.3) is 0 Å². The molecule has 0 spiro atoms. The SMILES string of the molecule is C[C@H](NC(=O)c1cccc([N+](=O)[O-])c1)C(=O)OCC(=O)N[C@@H]1CCCC[C@@H]1C. The van der Waals surface area contributed by atoms with Crippen molar-refractivity contribution in [3.05, 3.63) is 39.9 Å². The molecule has 0 radical (unpaired) electrons. The first kappa shape index (κ1) is 21.3. The van der Waals surface area contributed by atoms with Crippen LogP contribution in [0.4, 0.5) is 5.69 Å². The zero-order valence-corrected chi connectivity index (χ0v) is 16.0. The van der Waals surface area contributed by atoms with Gasteiger partial charge in [-0.3, -0.25) is 19.7 Å². The van der Waals surface area contributed by atoms with E-state index >= 15 is 0 Å². The highest BCUT2D eigenvalue weighted by Gasteiger charge is 2.24. The van der Waals surface area contributed by atoms with Crippen molar-refractivity contribution >= 4 is 23.5 Å². The van der Waals surface area contributed by atoms with Crippen molar-refractivity contribution in [3.63, 3.8) is 0 Å². The van der Waals surface area contributed by atoms with Gasteiger partial charge in [0.2, 0.25) is 0 Å². The van der Waals surface area contributed by atoms with Crippen LogP contribution in [-0.4, -0.2) is 41.4 Å². The van der Waals surface area contributed by atoms with E-state index in [0.29, 0.717) is 5.92 Å². The lowest BCUT2D eigenvalue weighted by Gasteiger charge is -2.29. The van der Waals surface area contributed by atoms with Crippen LogP contribution in [0.2, 0.25) is 0 Å². The molecule has 2 amide bonds. The maximum atomic E-state index is 12.2. The number of ether oxygens (including phenoxy) is 1. The first-order valence-electron chi connectivity index (χ1n) is 9.29. The molecule has 0 aromatic heterocycles. The van der Waals surface area contributed by atoms with Crippen LogP contribution in [0.1, 0.15) is 49.9 Å². The maximum absolute atomic E-state index is 12.2. The van der Waals surface area contributed by atoms with Crippen LogP contribution in [0, 0.1) is 16.0 Å². The van der Waals surface area contributed by atoms with Gasteiger partial charge in [-0.15, -0.1) is 0 Å². The molecule has 0 aliphatic heterocycles. The molecule has 1 aromatic rings. The third-order valence-electron chi connectivity index (χ3n) is 4.82. The highest BCUT2D eigenvalue weighted by molar-refractivity contribution is 5.97. The van der Waals surface area contributed by atoms with Gasteiger partial charge in [0.15, 0.2) is 6.61 Å². The number of rotatable bonds is 7. The van der Waals surface area contributed by atoms with Crippen molar-refractivity contribution in [3.8, 4) is 0 Å². The summed E-state index contributed by atoms with van der Waals surface area (Å²) < 4.78 is 4.97. The molecular formula is C19H25N3O6. The molecular weight excluding hydrogens is 366 g/mol. The summed E-state index contributed by atoms with van der Waals surface area (Å²) >= 11 is 0. The Bertz CT molecular complexity index is 751. The largest absolute Gasteiger partial charge is 0.454 e. The summed E-state index contributed by atoms with van der Waals surface area (Å²) in [5.74, 6) is -1.38. The van der Waals surface area contributed by atoms with Gasteiger partial charge in [-0.2, -0.15) is 0 Å². The Morgan fingerprint density at radius 1 is 1.29 bits per heavy atom. The molecule has 0 unspecified atom stereocenters. The number of esters is 1. The average molecular weight is 391 g/mol. The number of carbonyl (C=O) groups excluding carboxylic acids is 3. The lowest BCUT2D eigenvalue weighted by atomic mass is 9.86. The minimum atomic E-state index is -1.01. The van der Waals surface area contributed by atoms with E-state index < -0.39 is 29.4 Å². The van der Waals surface area contributed by atoms with Gasteiger partial charge in [-0.1, -0.05) is 25.8 Å². The fourth-order valence-electron chi connectivity index (χ4n) is 3.14. The van der Waals surface area contributed by atoms with Crippen LogP contribution in [0.15, 0.2) is 24.3 Å². The van der Waals surface area contributed by atoms with E-state index in [4.69, 9.17) is 4.74 Å². The first-order valence-corrected chi connectivity index (χ1v) is 9.29. The van der Waals surface area contributed by atoms with Crippen molar-refractivity contribution in [2.45, 2.75) is 51.6 Å². The molecule has 1 saturated carbocycles. The molecule has 2 N–H and O–H groups in total. The monoisotopic (exact) mass is 391 g/mol. The number of hydrogen-bond donors (Lipinski definition) is 2. The second kappa shape index (κ2) is 9.82. The Balaban J connectivity index is 1.80. The van der Waals surface area contributed by atoms with Crippen molar-refractivity contribution in [2.24, 2.45) is 5.92 Å². The van der Waals surface area contributed by atoms with Gasteiger partial charge in [0.05, 0.1) is 4.92 Å².